The minimum atomic E-state index is -0.453. The second kappa shape index (κ2) is 6.73. The smallest absolute Gasteiger partial charge is 0.0802 e. The van der Waals surface area contributed by atoms with Crippen LogP contribution in [0.1, 0.15) is 30.9 Å². The Bertz CT molecular complexity index is 365. The Morgan fingerprint density at radius 2 is 2.39 bits per heavy atom. The first-order valence-corrected chi connectivity index (χ1v) is 6.61. The SMILES string of the molecule is Nc1cccc(C(O)CCNCC2CCCO2)c1. The molecule has 4 heteroatoms. The molecule has 4 nitrogen and oxygen atoms in total. The van der Waals surface area contributed by atoms with Gasteiger partial charge in [0, 0.05) is 18.8 Å². The van der Waals surface area contributed by atoms with Gasteiger partial charge in [-0.2, -0.15) is 0 Å². The van der Waals surface area contributed by atoms with Crippen molar-refractivity contribution >= 4 is 5.69 Å². The average Bonchev–Trinajstić information content (AvgIpc) is 2.87. The molecule has 1 aliphatic heterocycles. The first-order chi connectivity index (χ1) is 8.75. The fourth-order valence-corrected chi connectivity index (χ4v) is 2.24. The van der Waals surface area contributed by atoms with E-state index in [0.29, 0.717) is 18.2 Å². The molecule has 2 atom stereocenters. The Labute approximate surface area is 108 Å². The molecule has 4 N–H and O–H groups in total. The molecule has 0 radical (unpaired) electrons. The minimum absolute atomic E-state index is 0.356. The van der Waals surface area contributed by atoms with Crippen molar-refractivity contribution in [1.82, 2.24) is 5.32 Å². The number of anilines is 1. The Morgan fingerprint density at radius 3 is 3.11 bits per heavy atom. The average molecular weight is 250 g/mol. The van der Waals surface area contributed by atoms with E-state index < -0.39 is 6.10 Å². The summed E-state index contributed by atoms with van der Waals surface area (Å²) in [6, 6.07) is 7.42. The number of nitrogens with one attached hydrogen (secondary N) is 1. The molecular formula is C14H22N2O2. The molecule has 0 aromatic heterocycles. The highest BCUT2D eigenvalue weighted by Crippen LogP contribution is 2.18. The van der Waals surface area contributed by atoms with Crippen molar-refractivity contribution in [1.29, 1.82) is 0 Å². The molecule has 2 unspecified atom stereocenters. The summed E-state index contributed by atoms with van der Waals surface area (Å²) in [5.74, 6) is 0. The normalized spacial score (nSPS) is 21.1. The van der Waals surface area contributed by atoms with Gasteiger partial charge in [0.15, 0.2) is 0 Å². The summed E-state index contributed by atoms with van der Waals surface area (Å²) in [6.07, 6.45) is 2.90. The number of hydrogen-bond donors (Lipinski definition) is 3. The number of aliphatic hydroxyl groups excluding tert-OH is 1. The van der Waals surface area contributed by atoms with Crippen LogP contribution >= 0.6 is 0 Å². The zero-order valence-corrected chi connectivity index (χ0v) is 10.6. The summed E-state index contributed by atoms with van der Waals surface area (Å²) in [7, 11) is 0. The fraction of sp³-hybridized carbons (Fsp3) is 0.571. The molecule has 1 saturated heterocycles. The molecule has 0 saturated carbocycles. The number of hydrogen-bond acceptors (Lipinski definition) is 4. The quantitative estimate of drug-likeness (QED) is 0.528. The van der Waals surface area contributed by atoms with Crippen LogP contribution in [-0.4, -0.2) is 30.9 Å². The molecule has 1 aliphatic rings. The lowest BCUT2D eigenvalue weighted by Gasteiger charge is -2.14. The van der Waals surface area contributed by atoms with Crippen molar-refractivity contribution < 1.29 is 9.84 Å². The number of benzene rings is 1. The Balaban J connectivity index is 1.66. The van der Waals surface area contributed by atoms with Gasteiger partial charge in [-0.1, -0.05) is 12.1 Å². The van der Waals surface area contributed by atoms with Gasteiger partial charge in [0.2, 0.25) is 0 Å². The molecule has 0 aliphatic carbocycles. The van der Waals surface area contributed by atoms with Crippen LogP contribution in [0.5, 0.6) is 0 Å². The third-order valence-electron chi connectivity index (χ3n) is 3.29. The van der Waals surface area contributed by atoms with Crippen molar-refractivity contribution in [3.8, 4) is 0 Å². The van der Waals surface area contributed by atoms with Crippen LogP contribution in [0.25, 0.3) is 0 Å². The second-order valence-corrected chi connectivity index (χ2v) is 4.81. The molecule has 1 aromatic carbocycles. The maximum Gasteiger partial charge on any atom is 0.0802 e. The van der Waals surface area contributed by atoms with Crippen LogP contribution in [0, 0.1) is 0 Å². The van der Waals surface area contributed by atoms with Crippen LogP contribution in [0.4, 0.5) is 5.69 Å². The highest BCUT2D eigenvalue weighted by Gasteiger charge is 2.14. The first-order valence-electron chi connectivity index (χ1n) is 6.61. The van der Waals surface area contributed by atoms with Gasteiger partial charge >= 0.3 is 0 Å². The summed E-state index contributed by atoms with van der Waals surface area (Å²) in [6.45, 7) is 2.55. The van der Waals surface area contributed by atoms with Crippen LogP contribution in [0.3, 0.4) is 0 Å². The van der Waals surface area contributed by atoms with E-state index in [1.807, 2.05) is 24.3 Å². The van der Waals surface area contributed by atoms with E-state index in [1.54, 1.807) is 0 Å². The van der Waals surface area contributed by atoms with Gasteiger partial charge < -0.3 is 20.9 Å². The molecule has 1 aromatic rings. The van der Waals surface area contributed by atoms with Gasteiger partial charge in [0.25, 0.3) is 0 Å². The van der Waals surface area contributed by atoms with Crippen molar-refractivity contribution in [3.05, 3.63) is 29.8 Å². The van der Waals surface area contributed by atoms with E-state index in [1.165, 1.54) is 0 Å². The Morgan fingerprint density at radius 1 is 1.50 bits per heavy atom. The zero-order valence-electron chi connectivity index (χ0n) is 10.6. The van der Waals surface area contributed by atoms with Crippen LogP contribution in [0.2, 0.25) is 0 Å². The zero-order chi connectivity index (χ0) is 12.8. The van der Waals surface area contributed by atoms with Gasteiger partial charge in [-0.3, -0.25) is 0 Å². The number of nitrogen functional groups attached to an aromatic ring is 1. The molecule has 0 amide bonds. The highest BCUT2D eigenvalue weighted by molar-refractivity contribution is 5.41. The molecule has 0 bridgehead atoms. The predicted octanol–water partition coefficient (Wildman–Crippen LogP) is 1.46. The first kappa shape index (κ1) is 13.3. The predicted molar refractivity (Wildman–Crippen MR) is 72.3 cm³/mol. The number of nitrogens with two attached hydrogens (primary N) is 1. The number of aliphatic hydroxyl groups is 1. The van der Waals surface area contributed by atoms with Crippen LogP contribution in [-0.2, 0) is 4.74 Å². The van der Waals surface area contributed by atoms with E-state index in [4.69, 9.17) is 10.5 Å². The molecule has 2 rings (SSSR count). The van der Waals surface area contributed by atoms with Crippen LogP contribution < -0.4 is 11.1 Å². The summed E-state index contributed by atoms with van der Waals surface area (Å²) in [5, 5.41) is 13.3. The Kier molecular flexibility index (Phi) is 4.99. The maximum absolute atomic E-state index is 10.0. The highest BCUT2D eigenvalue weighted by atomic mass is 16.5. The fourth-order valence-electron chi connectivity index (χ4n) is 2.24. The summed E-state index contributed by atoms with van der Waals surface area (Å²) in [5.41, 5.74) is 7.27. The third-order valence-corrected chi connectivity index (χ3v) is 3.29. The molecule has 0 spiro atoms. The van der Waals surface area contributed by atoms with E-state index in [9.17, 15) is 5.11 Å². The number of ether oxygens (including phenoxy) is 1. The molecule has 1 fully saturated rings. The summed E-state index contributed by atoms with van der Waals surface area (Å²) >= 11 is 0. The molecule has 100 valence electrons. The largest absolute Gasteiger partial charge is 0.399 e. The van der Waals surface area contributed by atoms with Crippen molar-refractivity contribution in [3.63, 3.8) is 0 Å². The van der Waals surface area contributed by atoms with Gasteiger partial charge in [0.05, 0.1) is 12.2 Å². The number of rotatable bonds is 6. The van der Waals surface area contributed by atoms with E-state index in [-0.39, 0.29) is 0 Å². The lowest BCUT2D eigenvalue weighted by Crippen LogP contribution is -2.27. The van der Waals surface area contributed by atoms with E-state index >= 15 is 0 Å². The molecule has 18 heavy (non-hydrogen) atoms. The van der Waals surface area contributed by atoms with E-state index in [2.05, 4.69) is 5.32 Å². The van der Waals surface area contributed by atoms with Crippen molar-refractivity contribution in [2.45, 2.75) is 31.5 Å². The second-order valence-electron chi connectivity index (χ2n) is 4.81. The van der Waals surface area contributed by atoms with Crippen molar-refractivity contribution in [2.24, 2.45) is 0 Å². The third kappa shape index (κ3) is 3.98. The van der Waals surface area contributed by atoms with E-state index in [0.717, 1.165) is 38.1 Å². The monoisotopic (exact) mass is 250 g/mol. The van der Waals surface area contributed by atoms with Crippen LogP contribution in [0.15, 0.2) is 24.3 Å². The lowest BCUT2D eigenvalue weighted by molar-refractivity contribution is 0.107. The van der Waals surface area contributed by atoms with Gasteiger partial charge in [-0.25, -0.2) is 0 Å². The molecule has 1 heterocycles. The Hall–Kier alpha value is -1.10. The molecular weight excluding hydrogens is 228 g/mol. The summed E-state index contributed by atoms with van der Waals surface area (Å²) in [4.78, 5) is 0. The van der Waals surface area contributed by atoms with Gasteiger partial charge in [0.1, 0.15) is 0 Å². The van der Waals surface area contributed by atoms with Gasteiger partial charge in [-0.15, -0.1) is 0 Å². The summed E-state index contributed by atoms with van der Waals surface area (Å²) < 4.78 is 5.52. The standard InChI is InChI=1S/C14H22N2O2/c15-12-4-1-3-11(9-12)14(17)6-7-16-10-13-5-2-8-18-13/h1,3-4,9,13-14,16-17H,2,5-8,10,15H2. The minimum Gasteiger partial charge on any atom is -0.399 e. The lowest BCUT2D eigenvalue weighted by atomic mass is 10.1. The topological polar surface area (TPSA) is 67.5 Å². The van der Waals surface area contributed by atoms with Gasteiger partial charge in [-0.05, 0) is 43.5 Å². The maximum atomic E-state index is 10.0. The van der Waals surface area contributed by atoms with Crippen molar-refractivity contribution in [2.75, 3.05) is 25.4 Å².